The van der Waals surface area contributed by atoms with Crippen molar-refractivity contribution in [2.45, 2.75) is 63.9 Å². The lowest BCUT2D eigenvalue weighted by Crippen LogP contribution is -2.62. The number of hydrogen-bond donors (Lipinski definition) is 3. The Hall–Kier alpha value is -4.75. The van der Waals surface area contributed by atoms with Crippen LogP contribution in [0.5, 0.6) is 28.7 Å². The maximum atomic E-state index is 13.3. The molecular formula is C38H39F3N2O8. The lowest BCUT2D eigenvalue weighted by molar-refractivity contribution is -0.137. The quantitative estimate of drug-likeness (QED) is 0.176. The van der Waals surface area contributed by atoms with Gasteiger partial charge in [0, 0.05) is 65.7 Å². The van der Waals surface area contributed by atoms with Crippen molar-refractivity contribution in [3.63, 3.8) is 0 Å². The van der Waals surface area contributed by atoms with Crippen LogP contribution in [0.1, 0.15) is 63.4 Å². The highest BCUT2D eigenvalue weighted by Crippen LogP contribution is 2.62. The van der Waals surface area contributed by atoms with Gasteiger partial charge in [0.1, 0.15) is 5.75 Å². The summed E-state index contributed by atoms with van der Waals surface area (Å²) in [5.74, 6) is -0.897. The standard InChI is InChI=1S/C38H39F3N2O8/c1-17-11-21-13-26-32(46)29-23(31(43(26)4)28(21)33(47)34(17)48-5)14-24-30(37-36(49-16-50-37)18(2)35(24)51-19(3)44)25(29)15-42-27(45)10-9-20-7-6-8-22(12-20)38(39,40)41/h6-12,23,25-26,29,31-32,46-47H,13-16H2,1-5H3,(H,42,45)/b10-9+/t23-,25-,26+,29?,31+,32+/m1/s1. The third-order valence-electron chi connectivity index (χ3n) is 10.9. The van der Waals surface area contributed by atoms with Crippen LogP contribution in [0.2, 0.25) is 0 Å². The molecule has 270 valence electrons. The highest BCUT2D eigenvalue weighted by Gasteiger charge is 2.57. The first-order valence-electron chi connectivity index (χ1n) is 16.8. The van der Waals surface area contributed by atoms with Crippen molar-refractivity contribution in [1.82, 2.24) is 10.2 Å². The van der Waals surface area contributed by atoms with Gasteiger partial charge in [-0.3, -0.25) is 14.5 Å². The number of aromatic hydroxyl groups is 1. The number of amides is 1. The number of alkyl halides is 3. The van der Waals surface area contributed by atoms with Gasteiger partial charge >= 0.3 is 12.1 Å². The number of nitrogens with zero attached hydrogens (tertiary/aromatic N) is 1. The summed E-state index contributed by atoms with van der Waals surface area (Å²) in [5, 5.41) is 26.8. The van der Waals surface area contributed by atoms with Crippen molar-refractivity contribution in [3.8, 4) is 28.7 Å². The van der Waals surface area contributed by atoms with E-state index in [1.807, 2.05) is 20.0 Å². The Morgan fingerprint density at radius 3 is 2.55 bits per heavy atom. The van der Waals surface area contributed by atoms with E-state index < -0.39 is 41.6 Å². The molecule has 0 saturated carbocycles. The SMILES string of the molecule is COc1c(C)cc2c(c1O)[C@@H]1[C@@H]3Cc4c(OC(C)=O)c(C)c5c(c4[C@H](CNC(=O)/C=C/c4cccc(C(F)(F)F)c4)C3[C@@H](O)[C@H](C2)N1C)OCO5. The molecule has 3 aliphatic heterocycles. The second-order valence-corrected chi connectivity index (χ2v) is 13.8. The highest BCUT2D eigenvalue weighted by molar-refractivity contribution is 5.91. The third kappa shape index (κ3) is 5.76. The number of ether oxygens (including phenoxy) is 4. The monoisotopic (exact) mass is 708 g/mol. The topological polar surface area (TPSA) is 127 Å². The Kier molecular flexibility index (Phi) is 8.70. The lowest BCUT2D eigenvalue weighted by atomic mass is 9.57. The number of piperidine rings is 1. The third-order valence-corrected chi connectivity index (χ3v) is 10.9. The number of aliphatic hydroxyl groups is 1. The molecule has 4 aliphatic rings. The molecule has 2 bridgehead atoms. The van der Waals surface area contributed by atoms with Gasteiger partial charge in [-0.15, -0.1) is 0 Å². The molecule has 6 atom stereocenters. The normalized spacial score (nSPS) is 24.8. The number of likely N-dealkylation sites (N-methyl/N-ethyl adjacent to an activating group) is 1. The predicted molar refractivity (Wildman–Crippen MR) is 179 cm³/mol. The zero-order valence-electron chi connectivity index (χ0n) is 28.8. The molecule has 51 heavy (non-hydrogen) atoms. The van der Waals surface area contributed by atoms with Crippen LogP contribution >= 0.6 is 0 Å². The molecule has 0 aromatic heterocycles. The molecular weight excluding hydrogens is 669 g/mol. The fourth-order valence-corrected chi connectivity index (χ4v) is 8.93. The second-order valence-electron chi connectivity index (χ2n) is 13.8. The molecule has 1 fully saturated rings. The van der Waals surface area contributed by atoms with E-state index >= 15 is 0 Å². The molecule has 1 aliphatic carbocycles. The molecule has 3 aromatic rings. The summed E-state index contributed by atoms with van der Waals surface area (Å²) in [6.07, 6.45) is -2.14. The van der Waals surface area contributed by atoms with Crippen LogP contribution in [0.15, 0.2) is 36.4 Å². The minimum atomic E-state index is -4.53. The molecule has 13 heteroatoms. The second kappa shape index (κ2) is 12.8. The van der Waals surface area contributed by atoms with E-state index in [0.717, 1.165) is 23.3 Å². The largest absolute Gasteiger partial charge is 0.504 e. The Morgan fingerprint density at radius 1 is 1.10 bits per heavy atom. The summed E-state index contributed by atoms with van der Waals surface area (Å²) in [7, 11) is 3.43. The van der Waals surface area contributed by atoms with Crippen LogP contribution in [-0.2, 0) is 28.6 Å². The Morgan fingerprint density at radius 2 is 1.84 bits per heavy atom. The van der Waals surface area contributed by atoms with Crippen LogP contribution < -0.4 is 24.3 Å². The lowest BCUT2D eigenvalue weighted by Gasteiger charge is -2.58. The van der Waals surface area contributed by atoms with Gasteiger partial charge in [0.25, 0.3) is 0 Å². The van der Waals surface area contributed by atoms with Crippen LogP contribution in [0.4, 0.5) is 13.2 Å². The van der Waals surface area contributed by atoms with Crippen LogP contribution in [0.25, 0.3) is 6.08 Å². The maximum absolute atomic E-state index is 13.3. The molecule has 0 spiro atoms. The molecule has 1 saturated heterocycles. The zero-order valence-corrected chi connectivity index (χ0v) is 28.8. The number of benzene rings is 3. The number of nitrogens with one attached hydrogen (secondary N) is 1. The van der Waals surface area contributed by atoms with E-state index in [1.54, 1.807) is 6.92 Å². The van der Waals surface area contributed by atoms with Crippen LogP contribution in [0.3, 0.4) is 0 Å². The van der Waals surface area contributed by atoms with Gasteiger partial charge in [-0.05, 0) is 74.6 Å². The first-order chi connectivity index (χ1) is 24.2. The number of phenols is 1. The van der Waals surface area contributed by atoms with E-state index in [0.29, 0.717) is 58.1 Å². The van der Waals surface area contributed by atoms with E-state index in [-0.39, 0.29) is 42.7 Å². The number of hydrogen-bond acceptors (Lipinski definition) is 9. The molecule has 3 aromatic carbocycles. The van der Waals surface area contributed by atoms with Crippen LogP contribution in [0, 0.1) is 25.7 Å². The number of fused-ring (bicyclic) bond motifs is 9. The number of halogens is 3. The molecule has 3 heterocycles. The summed E-state index contributed by atoms with van der Waals surface area (Å²) in [6, 6.07) is 5.94. The fraction of sp³-hybridized carbons (Fsp3) is 0.421. The minimum absolute atomic E-state index is 0.00851. The van der Waals surface area contributed by atoms with Crippen molar-refractivity contribution in [1.29, 1.82) is 0 Å². The van der Waals surface area contributed by atoms with Crippen molar-refractivity contribution in [2.24, 2.45) is 11.8 Å². The summed E-state index contributed by atoms with van der Waals surface area (Å²) in [5.41, 5.74) is 3.68. The molecule has 3 N–H and O–H groups in total. The molecule has 7 rings (SSSR count). The Balaban J connectivity index is 1.33. The predicted octanol–water partition coefficient (Wildman–Crippen LogP) is 5.36. The minimum Gasteiger partial charge on any atom is -0.504 e. The smallest absolute Gasteiger partial charge is 0.416 e. The first-order valence-corrected chi connectivity index (χ1v) is 16.8. The number of esters is 1. The average Bonchev–Trinajstić information content (AvgIpc) is 3.57. The van der Waals surface area contributed by atoms with Crippen LogP contribution in [-0.4, -0.2) is 66.6 Å². The number of rotatable bonds is 6. The van der Waals surface area contributed by atoms with Gasteiger partial charge in [0.15, 0.2) is 23.0 Å². The number of phenolic OH excluding ortho intramolecular Hbond substituents is 1. The number of aliphatic hydroxyl groups excluding tert-OH is 1. The molecule has 1 amide bonds. The average molecular weight is 709 g/mol. The van der Waals surface area contributed by atoms with E-state index in [9.17, 15) is 33.0 Å². The van der Waals surface area contributed by atoms with E-state index in [1.165, 1.54) is 38.3 Å². The number of carbonyl (C=O) groups is 2. The highest BCUT2D eigenvalue weighted by atomic mass is 19.4. The summed E-state index contributed by atoms with van der Waals surface area (Å²) < 4.78 is 63.2. The van der Waals surface area contributed by atoms with Crippen molar-refractivity contribution < 1.29 is 51.9 Å². The number of aryl methyl sites for hydroxylation is 1. The first kappa shape index (κ1) is 34.7. The number of carbonyl (C=O) groups excluding carboxylic acids is 2. The van der Waals surface area contributed by atoms with Gasteiger partial charge in [0.05, 0.1) is 18.8 Å². The van der Waals surface area contributed by atoms with Gasteiger partial charge in [0.2, 0.25) is 12.7 Å². The zero-order chi connectivity index (χ0) is 36.5. The van der Waals surface area contributed by atoms with Gasteiger partial charge in [-0.25, -0.2) is 0 Å². The van der Waals surface area contributed by atoms with Crippen molar-refractivity contribution >= 4 is 18.0 Å². The van der Waals surface area contributed by atoms with Crippen molar-refractivity contribution in [2.75, 3.05) is 27.5 Å². The van der Waals surface area contributed by atoms with Gasteiger partial charge in [-0.1, -0.05) is 18.2 Å². The van der Waals surface area contributed by atoms with E-state index in [4.69, 9.17) is 18.9 Å². The summed E-state index contributed by atoms with van der Waals surface area (Å²) in [6.45, 7) is 4.88. The molecule has 1 unspecified atom stereocenters. The van der Waals surface area contributed by atoms with E-state index in [2.05, 4.69) is 10.2 Å². The van der Waals surface area contributed by atoms with Gasteiger partial charge in [-0.2, -0.15) is 13.2 Å². The van der Waals surface area contributed by atoms with Crippen molar-refractivity contribution in [3.05, 3.63) is 80.9 Å². The summed E-state index contributed by atoms with van der Waals surface area (Å²) in [4.78, 5) is 27.8. The number of methoxy groups -OCH3 is 1. The maximum Gasteiger partial charge on any atom is 0.416 e. The van der Waals surface area contributed by atoms with Gasteiger partial charge < -0.3 is 34.5 Å². The Bertz CT molecular complexity index is 1960. The Labute approximate surface area is 292 Å². The fourth-order valence-electron chi connectivity index (χ4n) is 8.93. The summed E-state index contributed by atoms with van der Waals surface area (Å²) >= 11 is 0. The molecule has 10 nitrogen and oxygen atoms in total. The molecule has 0 radical (unpaired) electrons.